The minimum absolute atomic E-state index is 0.00964. The summed E-state index contributed by atoms with van der Waals surface area (Å²) < 4.78 is 54.4. The van der Waals surface area contributed by atoms with Crippen LogP contribution in [0.5, 0.6) is 0 Å². The quantitative estimate of drug-likeness (QED) is 0.00756. The van der Waals surface area contributed by atoms with Crippen molar-refractivity contribution in [3.63, 3.8) is 0 Å². The number of likely N-dealkylation sites (N-methyl/N-ethyl adjacent to an activating group) is 1. The number of para-hydroxylation sites is 1. The molecule has 33 heteroatoms. The number of nitrogens with zero attached hydrogens (tertiary/aromatic N) is 5. The number of nitrogens with one attached hydrogen (secondary N) is 8. The molecule has 2 heterocycles. The number of anilines is 3. The molecule has 10 N–H and O–H groups in total. The summed E-state index contributed by atoms with van der Waals surface area (Å²) in [6, 6.07) is 24.4. The summed E-state index contributed by atoms with van der Waals surface area (Å²) in [7, 11) is 6.24. The van der Waals surface area contributed by atoms with Gasteiger partial charge in [0.1, 0.15) is 36.5 Å². The van der Waals surface area contributed by atoms with Crippen molar-refractivity contribution >= 4 is 88.3 Å². The van der Waals surface area contributed by atoms with Crippen molar-refractivity contribution in [3.8, 4) is 0 Å². The molecule has 5 aromatic rings. The minimum atomic E-state index is -1.13. The highest BCUT2D eigenvalue weighted by atomic mass is 16.6. The van der Waals surface area contributed by atoms with Gasteiger partial charge in [0.15, 0.2) is 0 Å². The predicted molar refractivity (Wildman–Crippen MR) is 522 cm³/mol. The van der Waals surface area contributed by atoms with E-state index in [1.54, 1.807) is 25.7 Å². The topological polar surface area (TPSA) is 410 Å². The SMILES string of the molecule is CC(C)[C@H](NC(=O)[C@@H](CCCCNC(=O)COC1CCCCCc2c1nnn2CCOCCOCCOCCOCCC(=O)NCC[N+](C)(C)C)NC(=O)CCOCCOCCOCCOCCNC(=O)CCC(=O)N1Cc2ccccc2/C=C\c2ccccc21)C(=O)N[C@@H](C)C(=O)Nc1ccc2c(c1)[C@@]1(C)CCC[C@](C)(C(=O)NC(=O)[C@@]3(C)CCC[C@]4(C)c5cc(N)ccc5CC[C@@H]34)[C@@H]1CC2. The molecular weight excluding hydrogens is 1750 g/mol. The third kappa shape index (κ3) is 31.0. The molecule has 0 spiro atoms. The molecule has 10 amide bonds. The number of imide groups is 1. The molecule has 0 radical (unpaired) electrons. The maximum absolute atomic E-state index is 15.0. The van der Waals surface area contributed by atoms with Crippen LogP contribution in [0.1, 0.15) is 227 Å². The lowest BCUT2D eigenvalue weighted by molar-refractivity contribution is -0.869. The molecule has 5 aliphatic carbocycles. The van der Waals surface area contributed by atoms with Crippen LogP contribution in [0.4, 0.5) is 17.1 Å². The molecule has 752 valence electrons. The first kappa shape index (κ1) is 107. The number of hydrogen-bond acceptors (Lipinski definition) is 22. The first-order valence-electron chi connectivity index (χ1n) is 49.9. The van der Waals surface area contributed by atoms with E-state index in [1.807, 2.05) is 90.5 Å². The molecular formula is C104H153N14O19+. The van der Waals surface area contributed by atoms with Gasteiger partial charge >= 0.3 is 0 Å². The Balaban J connectivity index is 0.609. The predicted octanol–water partition coefficient (Wildman–Crippen LogP) is 9.80. The average Bonchev–Trinajstić information content (AvgIpc) is 1.14. The van der Waals surface area contributed by atoms with Gasteiger partial charge in [-0.25, -0.2) is 4.68 Å². The van der Waals surface area contributed by atoms with Gasteiger partial charge in [-0.05, 0) is 195 Å². The van der Waals surface area contributed by atoms with Crippen molar-refractivity contribution in [2.45, 2.75) is 238 Å². The molecule has 2 saturated carbocycles. The second kappa shape index (κ2) is 52.9. The molecule has 137 heavy (non-hydrogen) atoms. The van der Waals surface area contributed by atoms with E-state index in [4.69, 9.17) is 48.4 Å². The van der Waals surface area contributed by atoms with Gasteiger partial charge in [-0.1, -0.05) is 139 Å². The van der Waals surface area contributed by atoms with Crippen molar-refractivity contribution in [1.29, 1.82) is 0 Å². The van der Waals surface area contributed by atoms with Gasteiger partial charge < -0.3 is 95.0 Å². The number of amides is 10. The van der Waals surface area contributed by atoms with Crippen LogP contribution in [-0.4, -0.2) is 256 Å². The minimum Gasteiger partial charge on any atom is -0.399 e. The lowest BCUT2D eigenvalue weighted by atomic mass is 9.49. The highest BCUT2D eigenvalue weighted by Crippen LogP contribution is 2.60. The number of unbranched alkanes of at least 4 members (excludes halogenated alkanes) is 1. The van der Waals surface area contributed by atoms with E-state index in [9.17, 15) is 43.2 Å². The van der Waals surface area contributed by atoms with Gasteiger partial charge in [0, 0.05) is 50.1 Å². The fourth-order valence-electron chi connectivity index (χ4n) is 20.7. The second-order valence-corrected chi connectivity index (χ2v) is 39.8. The number of aromatic nitrogens is 3. The number of hydrogen-bond donors (Lipinski definition) is 9. The number of benzene rings is 4. The lowest BCUT2D eigenvalue weighted by Gasteiger charge is -2.56. The molecule has 33 nitrogen and oxygen atoms in total. The number of nitrogen functional groups attached to an aromatic ring is 1. The summed E-state index contributed by atoms with van der Waals surface area (Å²) in [5.41, 5.74) is 15.4. The fraction of sp³-hybridized carbons (Fsp3) is 0.635. The van der Waals surface area contributed by atoms with Crippen molar-refractivity contribution in [1.82, 2.24) is 52.2 Å². The van der Waals surface area contributed by atoms with Crippen LogP contribution in [0.15, 0.2) is 84.9 Å². The smallest absolute Gasteiger partial charge is 0.246 e. The van der Waals surface area contributed by atoms with E-state index in [0.29, 0.717) is 141 Å². The Kier molecular flexibility index (Phi) is 41.5. The average molecular weight is 1900 g/mol. The zero-order chi connectivity index (χ0) is 98.0. The first-order valence-corrected chi connectivity index (χ1v) is 49.9. The van der Waals surface area contributed by atoms with Crippen LogP contribution >= 0.6 is 0 Å². The Morgan fingerprint density at radius 2 is 1.06 bits per heavy atom. The standard InChI is InChI=1S/C104H152N14O19/c1-72(2)94(98(126)109-73(3)96(124)110-80-36-32-76-34-38-88-102(5,82(76)69-80)44-21-46-104(88,7)100(128)113-99(127)103(6)45-20-43-101(4)81-68-79(105)35-31-75(81)33-37-87(101)103)112-97(125)83(111-91(121)42-53-130-57-61-134-64-66-135-62-58-131-54-49-108-89(119)39-40-93(123)116-70-78-24-15-14-22-74(78)29-30-77-23-16-17-26-84(77)116)25-18-19-47-106-92(122)71-137-86-28-13-11-12-27-85-95(86)114-115-117(85)50-55-132-59-63-136-67-65-133-60-56-129-52-41-90(120)107-48-51-118(8,9)10/h14-17,22-24,26,29-32,35-36,68-69,72-73,83,86-88,94H,11-13,18-21,25,27-28,33-34,37-67,70-71,105H2,1-10H3,(H7-,106,107,108,109,110,111,112,113,119,120,121,122,124,125,126,127,128)/p+1/b30-29-/t73-,83+,86?,87+,88+,94-,101+,102+,103-,104-/m0/s1. The van der Waals surface area contributed by atoms with Crippen LogP contribution in [0.2, 0.25) is 0 Å². The van der Waals surface area contributed by atoms with Crippen LogP contribution in [0.25, 0.3) is 12.2 Å². The van der Waals surface area contributed by atoms with Crippen LogP contribution in [0, 0.1) is 28.6 Å². The molecule has 1 aromatic heterocycles. The number of carbonyl (C=O) groups is 10. The van der Waals surface area contributed by atoms with Gasteiger partial charge in [0.05, 0.1) is 175 Å². The molecule has 1 unspecified atom stereocenters. The summed E-state index contributed by atoms with van der Waals surface area (Å²) >= 11 is 0. The highest BCUT2D eigenvalue weighted by Gasteiger charge is 2.59. The first-order chi connectivity index (χ1) is 65.9. The van der Waals surface area contributed by atoms with E-state index in [1.165, 1.54) is 11.1 Å². The Bertz CT molecular complexity index is 4860. The molecule has 2 fully saturated rings. The molecule has 0 saturated heterocycles. The van der Waals surface area contributed by atoms with Gasteiger partial charge in [-0.15, -0.1) is 5.10 Å². The van der Waals surface area contributed by atoms with Crippen LogP contribution in [0.3, 0.4) is 0 Å². The van der Waals surface area contributed by atoms with Crippen molar-refractivity contribution in [3.05, 3.63) is 135 Å². The second-order valence-electron chi connectivity index (χ2n) is 39.8. The van der Waals surface area contributed by atoms with E-state index >= 15 is 4.79 Å². The number of fused-ring (bicyclic) bond motifs is 9. The number of ether oxygens (including phenoxy) is 9. The Morgan fingerprint density at radius 1 is 0.504 bits per heavy atom. The maximum Gasteiger partial charge on any atom is 0.246 e. The molecule has 11 rings (SSSR count). The lowest BCUT2D eigenvalue weighted by Crippen LogP contribution is -2.60. The van der Waals surface area contributed by atoms with Gasteiger partial charge in [-0.3, -0.25) is 53.3 Å². The summed E-state index contributed by atoms with van der Waals surface area (Å²) in [5.74, 6) is -3.93. The van der Waals surface area contributed by atoms with Gasteiger partial charge in [0.25, 0.3) is 0 Å². The fourth-order valence-corrected chi connectivity index (χ4v) is 20.7. The van der Waals surface area contributed by atoms with E-state index in [0.717, 1.165) is 121 Å². The Labute approximate surface area is 808 Å². The number of quaternary nitrogens is 1. The summed E-state index contributed by atoms with van der Waals surface area (Å²) in [4.78, 5) is 141. The zero-order valence-corrected chi connectivity index (χ0v) is 82.7. The van der Waals surface area contributed by atoms with E-state index in [-0.39, 0.29) is 144 Å². The third-order valence-corrected chi connectivity index (χ3v) is 28.4. The summed E-state index contributed by atoms with van der Waals surface area (Å²) in [5, 5.41) is 32.4. The monoisotopic (exact) mass is 1900 g/mol. The highest BCUT2D eigenvalue weighted by molar-refractivity contribution is 6.02. The van der Waals surface area contributed by atoms with Crippen LogP contribution in [-0.2, 0) is 134 Å². The number of rotatable bonds is 54. The molecule has 6 aliphatic rings. The molecule has 10 atom stereocenters. The summed E-state index contributed by atoms with van der Waals surface area (Å²) in [6.07, 6.45) is 16.9. The Morgan fingerprint density at radius 3 is 1.69 bits per heavy atom. The van der Waals surface area contributed by atoms with Crippen molar-refractivity contribution in [2.24, 2.45) is 28.6 Å². The number of aryl methyl sites for hydroxylation is 2. The zero-order valence-electron chi connectivity index (χ0n) is 82.7. The van der Waals surface area contributed by atoms with E-state index < -0.39 is 70.0 Å². The maximum atomic E-state index is 15.0. The Hall–Kier alpha value is -9.94. The largest absolute Gasteiger partial charge is 0.399 e. The third-order valence-electron chi connectivity index (χ3n) is 28.4. The molecule has 0 bridgehead atoms. The normalized spacial score (nSPS) is 21.4. The molecule has 1 aliphatic heterocycles. The van der Waals surface area contributed by atoms with Gasteiger partial charge in [-0.2, -0.15) is 0 Å². The van der Waals surface area contributed by atoms with Crippen LogP contribution < -0.4 is 53.2 Å². The number of nitrogens with two attached hydrogens (primary N) is 1. The van der Waals surface area contributed by atoms with Crippen molar-refractivity contribution in [2.75, 3.05) is 176 Å². The van der Waals surface area contributed by atoms with E-state index in [2.05, 4.69) is 113 Å². The molecule has 4 aromatic carbocycles. The summed E-state index contributed by atoms with van der Waals surface area (Å²) in [6.45, 7) is 21.2. The van der Waals surface area contributed by atoms with Crippen molar-refractivity contribution < 1.29 is 95.1 Å². The van der Waals surface area contributed by atoms with Gasteiger partial charge in [0.2, 0.25) is 59.1 Å². The number of carbonyl (C=O) groups excluding carboxylic acids is 10.